The van der Waals surface area contributed by atoms with Crippen molar-refractivity contribution in [2.24, 2.45) is 5.73 Å². The molecule has 0 saturated carbocycles. The molecule has 1 aromatic rings. The third-order valence-electron chi connectivity index (χ3n) is 2.06. The standard InChI is InChI=1S/C9H7F5N2O2/c10-7(11)3-1-4(8(17)18)16-5(2-15)6(3)9(12,13)14/h1,7H,2,15H2,(H,17,18). The van der Waals surface area contributed by atoms with Crippen LogP contribution in [-0.4, -0.2) is 16.1 Å². The van der Waals surface area contributed by atoms with Gasteiger partial charge in [-0.3, -0.25) is 0 Å². The van der Waals surface area contributed by atoms with E-state index in [4.69, 9.17) is 10.8 Å². The number of pyridine rings is 1. The lowest BCUT2D eigenvalue weighted by atomic mass is 10.0. The van der Waals surface area contributed by atoms with E-state index in [9.17, 15) is 26.7 Å². The van der Waals surface area contributed by atoms with Crippen molar-refractivity contribution in [2.75, 3.05) is 0 Å². The van der Waals surface area contributed by atoms with E-state index in [0.29, 0.717) is 0 Å². The largest absolute Gasteiger partial charge is 0.477 e. The first kappa shape index (κ1) is 14.3. The second-order valence-corrected chi connectivity index (χ2v) is 3.23. The molecule has 0 saturated heterocycles. The van der Waals surface area contributed by atoms with E-state index in [2.05, 4.69) is 4.98 Å². The number of carbonyl (C=O) groups is 1. The van der Waals surface area contributed by atoms with Crippen LogP contribution in [-0.2, 0) is 12.7 Å². The predicted octanol–water partition coefficient (Wildman–Crippen LogP) is 2.19. The van der Waals surface area contributed by atoms with E-state index in [1.54, 1.807) is 0 Å². The maximum absolute atomic E-state index is 12.6. The zero-order valence-corrected chi connectivity index (χ0v) is 8.63. The number of halogens is 5. The number of nitrogens with zero attached hydrogens (tertiary/aromatic N) is 1. The highest BCUT2D eigenvalue weighted by molar-refractivity contribution is 5.85. The van der Waals surface area contributed by atoms with Crippen molar-refractivity contribution in [3.05, 3.63) is 28.6 Å². The topological polar surface area (TPSA) is 76.2 Å². The molecule has 0 aliphatic heterocycles. The average molecular weight is 270 g/mol. The minimum Gasteiger partial charge on any atom is -0.477 e. The molecule has 0 aromatic carbocycles. The Morgan fingerprint density at radius 2 is 2.00 bits per heavy atom. The fourth-order valence-corrected chi connectivity index (χ4v) is 1.38. The Morgan fingerprint density at radius 3 is 2.33 bits per heavy atom. The first-order valence-electron chi connectivity index (χ1n) is 4.51. The number of carboxylic acid groups (broad SMARTS) is 1. The molecule has 0 radical (unpaired) electrons. The van der Waals surface area contributed by atoms with Gasteiger partial charge in [-0.05, 0) is 6.07 Å². The summed E-state index contributed by atoms with van der Waals surface area (Å²) in [6, 6.07) is 0.203. The smallest absolute Gasteiger partial charge is 0.418 e. The van der Waals surface area contributed by atoms with E-state index < -0.39 is 47.6 Å². The Bertz CT molecular complexity index is 473. The molecule has 0 spiro atoms. The van der Waals surface area contributed by atoms with Gasteiger partial charge < -0.3 is 10.8 Å². The molecule has 0 amide bonds. The summed E-state index contributed by atoms with van der Waals surface area (Å²) in [5.74, 6) is -1.71. The molecule has 4 nitrogen and oxygen atoms in total. The molecule has 1 rings (SSSR count). The molecule has 3 N–H and O–H groups in total. The van der Waals surface area contributed by atoms with E-state index in [1.165, 1.54) is 0 Å². The van der Waals surface area contributed by atoms with Crippen molar-refractivity contribution in [1.82, 2.24) is 4.98 Å². The lowest BCUT2D eigenvalue weighted by Crippen LogP contribution is -2.19. The highest BCUT2D eigenvalue weighted by Gasteiger charge is 2.39. The first-order valence-corrected chi connectivity index (χ1v) is 4.51. The van der Waals surface area contributed by atoms with Gasteiger partial charge in [-0.2, -0.15) is 13.2 Å². The van der Waals surface area contributed by atoms with Gasteiger partial charge >= 0.3 is 12.1 Å². The molecule has 0 unspecified atom stereocenters. The number of rotatable bonds is 3. The number of hydrogen-bond acceptors (Lipinski definition) is 3. The average Bonchev–Trinajstić information content (AvgIpc) is 2.25. The predicted molar refractivity (Wildman–Crippen MR) is 49.0 cm³/mol. The van der Waals surface area contributed by atoms with Crippen molar-refractivity contribution in [3.63, 3.8) is 0 Å². The molecule has 1 heterocycles. The molecule has 0 atom stereocenters. The molecule has 0 aliphatic rings. The number of nitrogens with two attached hydrogens (primary N) is 1. The van der Waals surface area contributed by atoms with Gasteiger partial charge in [-0.15, -0.1) is 0 Å². The van der Waals surface area contributed by atoms with Crippen molar-refractivity contribution >= 4 is 5.97 Å². The summed E-state index contributed by atoms with van der Waals surface area (Å²) in [4.78, 5) is 13.7. The minimum absolute atomic E-state index is 0.203. The first-order chi connectivity index (χ1) is 8.18. The maximum atomic E-state index is 12.6. The number of aromatic nitrogens is 1. The van der Waals surface area contributed by atoms with Gasteiger partial charge in [-0.25, -0.2) is 18.6 Å². The summed E-state index contributed by atoms with van der Waals surface area (Å²) in [6.45, 7) is -0.796. The van der Waals surface area contributed by atoms with Crippen LogP contribution in [0.3, 0.4) is 0 Å². The van der Waals surface area contributed by atoms with Crippen LogP contribution in [0.15, 0.2) is 6.07 Å². The number of carboxylic acids is 1. The second kappa shape index (κ2) is 4.84. The Hall–Kier alpha value is -1.77. The number of alkyl halides is 5. The molecule has 0 bridgehead atoms. The zero-order chi connectivity index (χ0) is 14.1. The quantitative estimate of drug-likeness (QED) is 0.825. The van der Waals surface area contributed by atoms with Crippen LogP contribution in [0.25, 0.3) is 0 Å². The Kier molecular flexibility index (Phi) is 3.85. The highest BCUT2D eigenvalue weighted by atomic mass is 19.4. The fourth-order valence-electron chi connectivity index (χ4n) is 1.38. The summed E-state index contributed by atoms with van der Waals surface area (Å²) < 4.78 is 63.0. The van der Waals surface area contributed by atoms with Crippen molar-refractivity contribution in [3.8, 4) is 0 Å². The monoisotopic (exact) mass is 270 g/mol. The fraction of sp³-hybridized carbons (Fsp3) is 0.333. The molecule has 100 valence electrons. The Balaban J connectivity index is 3.62. The normalized spacial score (nSPS) is 11.9. The summed E-state index contributed by atoms with van der Waals surface area (Å²) >= 11 is 0. The summed E-state index contributed by atoms with van der Waals surface area (Å²) in [6.07, 6.45) is -8.56. The maximum Gasteiger partial charge on any atom is 0.418 e. The van der Waals surface area contributed by atoms with Crippen molar-refractivity contribution < 1.29 is 31.9 Å². The van der Waals surface area contributed by atoms with Crippen LogP contribution >= 0.6 is 0 Å². The SMILES string of the molecule is NCc1nc(C(=O)O)cc(C(F)F)c1C(F)(F)F. The Labute approximate surface area is 97.2 Å². The molecule has 0 fully saturated rings. The Morgan fingerprint density at radius 1 is 1.44 bits per heavy atom. The molecule has 9 heteroatoms. The van der Waals surface area contributed by atoms with Gasteiger partial charge in [-0.1, -0.05) is 0 Å². The summed E-state index contributed by atoms with van der Waals surface area (Å²) in [7, 11) is 0. The third-order valence-corrected chi connectivity index (χ3v) is 2.06. The van der Waals surface area contributed by atoms with E-state index in [1.807, 2.05) is 0 Å². The van der Waals surface area contributed by atoms with Crippen molar-refractivity contribution in [2.45, 2.75) is 19.1 Å². The summed E-state index contributed by atoms with van der Waals surface area (Å²) in [5.41, 5.74) is 0.0515. The van der Waals surface area contributed by atoms with Gasteiger partial charge in [0, 0.05) is 12.1 Å². The van der Waals surface area contributed by atoms with Gasteiger partial charge in [0.2, 0.25) is 0 Å². The van der Waals surface area contributed by atoms with Gasteiger partial charge in [0.05, 0.1) is 11.3 Å². The van der Waals surface area contributed by atoms with Gasteiger partial charge in [0.15, 0.2) is 0 Å². The van der Waals surface area contributed by atoms with E-state index in [0.717, 1.165) is 0 Å². The molecular weight excluding hydrogens is 263 g/mol. The molecular formula is C9H7F5N2O2. The molecule has 0 aliphatic carbocycles. The lowest BCUT2D eigenvalue weighted by Gasteiger charge is -2.16. The molecule has 18 heavy (non-hydrogen) atoms. The van der Waals surface area contributed by atoms with Crippen LogP contribution in [0.2, 0.25) is 0 Å². The summed E-state index contributed by atoms with van der Waals surface area (Å²) in [5, 5.41) is 8.58. The van der Waals surface area contributed by atoms with Crippen molar-refractivity contribution in [1.29, 1.82) is 0 Å². The minimum atomic E-state index is -5.08. The van der Waals surface area contributed by atoms with E-state index in [-0.39, 0.29) is 6.07 Å². The lowest BCUT2D eigenvalue weighted by molar-refractivity contribution is -0.140. The highest BCUT2D eigenvalue weighted by Crippen LogP contribution is 2.38. The zero-order valence-electron chi connectivity index (χ0n) is 8.63. The van der Waals surface area contributed by atoms with Crippen LogP contribution in [0, 0.1) is 0 Å². The van der Waals surface area contributed by atoms with Crippen LogP contribution in [0.5, 0.6) is 0 Å². The second-order valence-electron chi connectivity index (χ2n) is 3.23. The van der Waals surface area contributed by atoms with Gasteiger partial charge in [0.1, 0.15) is 5.69 Å². The third kappa shape index (κ3) is 2.73. The number of aromatic carboxylic acids is 1. The van der Waals surface area contributed by atoms with Crippen LogP contribution in [0.4, 0.5) is 22.0 Å². The van der Waals surface area contributed by atoms with E-state index >= 15 is 0 Å². The van der Waals surface area contributed by atoms with Crippen LogP contribution < -0.4 is 5.73 Å². The molecule has 1 aromatic heterocycles. The van der Waals surface area contributed by atoms with Crippen LogP contribution in [0.1, 0.15) is 33.7 Å². The van der Waals surface area contributed by atoms with Gasteiger partial charge in [0.25, 0.3) is 6.43 Å². The number of hydrogen-bond donors (Lipinski definition) is 2.